The van der Waals surface area contributed by atoms with E-state index in [-0.39, 0.29) is 0 Å². The van der Waals surface area contributed by atoms with Gasteiger partial charge in [0, 0.05) is 21.9 Å². The Bertz CT molecular complexity index is 1420. The summed E-state index contributed by atoms with van der Waals surface area (Å²) in [7, 11) is 0. The molecule has 1 aromatic heterocycles. The molecule has 0 N–H and O–H groups in total. The lowest BCUT2D eigenvalue weighted by Crippen LogP contribution is -2.10. The van der Waals surface area contributed by atoms with E-state index in [0.717, 1.165) is 19.4 Å². The number of thiophene rings is 1. The molecule has 1 nitrogen and oxygen atoms in total. The fourth-order valence-electron chi connectivity index (χ4n) is 5.64. The Morgan fingerprint density at radius 3 is 2.79 bits per heavy atom. The first-order chi connectivity index (χ1) is 16.3. The summed E-state index contributed by atoms with van der Waals surface area (Å²) in [5.74, 6) is 0.530. The highest BCUT2D eigenvalue weighted by Gasteiger charge is 2.29. The molecular formula is C31H25NS. The zero-order valence-corrected chi connectivity index (χ0v) is 19.4. The summed E-state index contributed by atoms with van der Waals surface area (Å²) in [6, 6.07) is 15.9. The van der Waals surface area contributed by atoms with E-state index in [1.165, 1.54) is 62.2 Å². The molecule has 2 heterocycles. The van der Waals surface area contributed by atoms with E-state index in [1.807, 2.05) is 17.6 Å². The van der Waals surface area contributed by atoms with Gasteiger partial charge in [0.25, 0.3) is 0 Å². The minimum atomic E-state index is 0.530. The van der Waals surface area contributed by atoms with Crippen LogP contribution in [0.15, 0.2) is 82.9 Å². The lowest BCUT2D eigenvalue weighted by Gasteiger charge is -2.26. The van der Waals surface area contributed by atoms with Crippen molar-refractivity contribution >= 4 is 29.7 Å². The number of benzene rings is 2. The third-order valence-electron chi connectivity index (χ3n) is 7.43. The number of allylic oxidation sites excluding steroid dienone is 6. The van der Waals surface area contributed by atoms with E-state index in [4.69, 9.17) is 0 Å². The second kappa shape index (κ2) is 7.67. The molecule has 1 aliphatic heterocycles. The predicted molar refractivity (Wildman–Crippen MR) is 141 cm³/mol. The Kier molecular flexibility index (Phi) is 4.48. The fourth-order valence-corrected chi connectivity index (χ4v) is 7.04. The molecule has 1 unspecified atom stereocenters. The highest BCUT2D eigenvalue weighted by molar-refractivity contribution is 7.13. The van der Waals surface area contributed by atoms with Crippen LogP contribution in [-0.2, 0) is 19.4 Å². The molecule has 0 spiro atoms. The minimum Gasteiger partial charge on any atom is -0.288 e. The van der Waals surface area contributed by atoms with Crippen LogP contribution in [0.25, 0.3) is 23.3 Å². The van der Waals surface area contributed by atoms with Crippen molar-refractivity contribution < 1.29 is 0 Å². The molecule has 0 saturated heterocycles. The zero-order valence-electron chi connectivity index (χ0n) is 18.6. The summed E-state index contributed by atoms with van der Waals surface area (Å²) >= 11 is 2.02. The Labute approximate surface area is 199 Å². The van der Waals surface area contributed by atoms with Crippen LogP contribution in [-0.4, -0.2) is 6.21 Å². The summed E-state index contributed by atoms with van der Waals surface area (Å²) in [5, 5.41) is 0. The molecule has 0 bridgehead atoms. The van der Waals surface area contributed by atoms with E-state index < -0.39 is 0 Å². The molecule has 3 aromatic rings. The van der Waals surface area contributed by atoms with Crippen molar-refractivity contribution in [2.75, 3.05) is 0 Å². The van der Waals surface area contributed by atoms with Gasteiger partial charge in [-0.15, -0.1) is 11.3 Å². The van der Waals surface area contributed by atoms with Crippen molar-refractivity contribution in [1.82, 2.24) is 0 Å². The van der Waals surface area contributed by atoms with Gasteiger partial charge in [0.1, 0.15) is 0 Å². The SMILES string of the molecule is C1=Cc2sc3c(c2CC1)C=CC1=CC=C(Cc2ccc(-c4ccc5c(c4)CN=C5)cc2)CC13. The molecule has 160 valence electrons. The van der Waals surface area contributed by atoms with Gasteiger partial charge in [-0.2, -0.15) is 0 Å². The molecule has 2 heteroatoms. The van der Waals surface area contributed by atoms with Gasteiger partial charge < -0.3 is 0 Å². The zero-order chi connectivity index (χ0) is 21.8. The monoisotopic (exact) mass is 443 g/mol. The van der Waals surface area contributed by atoms with Crippen LogP contribution >= 0.6 is 11.3 Å². The molecule has 1 atom stereocenters. The van der Waals surface area contributed by atoms with Gasteiger partial charge in [-0.1, -0.05) is 72.4 Å². The van der Waals surface area contributed by atoms with Crippen LogP contribution < -0.4 is 0 Å². The van der Waals surface area contributed by atoms with E-state index in [9.17, 15) is 0 Å². The third-order valence-corrected chi connectivity index (χ3v) is 8.76. The lowest BCUT2D eigenvalue weighted by atomic mass is 9.79. The summed E-state index contributed by atoms with van der Waals surface area (Å²) in [6.45, 7) is 0.812. The molecule has 0 saturated carbocycles. The maximum absolute atomic E-state index is 4.38. The maximum Gasteiger partial charge on any atom is 0.0646 e. The van der Waals surface area contributed by atoms with Crippen molar-refractivity contribution in [2.45, 2.75) is 38.1 Å². The normalized spacial score (nSPS) is 19.5. The van der Waals surface area contributed by atoms with Gasteiger partial charge >= 0.3 is 0 Å². The number of nitrogens with zero attached hydrogens (tertiary/aromatic N) is 1. The molecule has 2 aromatic carbocycles. The summed E-state index contributed by atoms with van der Waals surface area (Å²) < 4.78 is 0. The van der Waals surface area contributed by atoms with Gasteiger partial charge in [0.05, 0.1) is 6.54 Å². The Hall–Kier alpha value is -3.23. The van der Waals surface area contributed by atoms with Gasteiger partial charge in [-0.3, -0.25) is 4.99 Å². The van der Waals surface area contributed by atoms with Crippen LogP contribution in [0.4, 0.5) is 0 Å². The summed E-state index contributed by atoms with van der Waals surface area (Å²) in [6.07, 6.45) is 20.6. The topological polar surface area (TPSA) is 12.4 Å². The maximum atomic E-state index is 4.38. The number of hydrogen-bond donors (Lipinski definition) is 0. The molecule has 4 aliphatic rings. The number of aliphatic imine (C=N–C) groups is 1. The van der Waals surface area contributed by atoms with Crippen LogP contribution in [0.5, 0.6) is 0 Å². The Morgan fingerprint density at radius 1 is 0.939 bits per heavy atom. The first-order valence-corrected chi connectivity index (χ1v) is 12.8. The van der Waals surface area contributed by atoms with Gasteiger partial charge in [0.2, 0.25) is 0 Å². The highest BCUT2D eigenvalue weighted by Crippen LogP contribution is 2.48. The van der Waals surface area contributed by atoms with Crippen LogP contribution in [0.3, 0.4) is 0 Å². The summed E-state index contributed by atoms with van der Waals surface area (Å²) in [5.41, 5.74) is 12.7. The van der Waals surface area contributed by atoms with Crippen molar-refractivity contribution in [3.8, 4) is 11.1 Å². The third kappa shape index (κ3) is 3.32. The molecule has 7 rings (SSSR count). The first-order valence-electron chi connectivity index (χ1n) is 11.9. The number of fused-ring (bicyclic) bond motifs is 6. The van der Waals surface area contributed by atoms with Gasteiger partial charge in [-0.25, -0.2) is 0 Å². The van der Waals surface area contributed by atoms with Crippen molar-refractivity contribution in [1.29, 1.82) is 0 Å². The van der Waals surface area contributed by atoms with Crippen LogP contribution in [0.1, 0.15) is 56.3 Å². The van der Waals surface area contributed by atoms with Crippen molar-refractivity contribution in [3.05, 3.63) is 115 Å². The number of hydrogen-bond acceptors (Lipinski definition) is 2. The Morgan fingerprint density at radius 2 is 1.85 bits per heavy atom. The molecule has 0 amide bonds. The van der Waals surface area contributed by atoms with Crippen molar-refractivity contribution in [3.63, 3.8) is 0 Å². The fraction of sp³-hybridized carbons (Fsp3) is 0.194. The predicted octanol–water partition coefficient (Wildman–Crippen LogP) is 7.92. The molecule has 0 radical (unpaired) electrons. The standard InChI is InChI=1S/C31H25NS/c1-2-4-30-27(3-1)28-14-13-23-10-7-21(16-29(23)31(28)33-30)15-20-5-8-22(9-6-20)24-11-12-25-18-32-19-26(25)17-24/h2,4-14,17-18,29H,1,3,15-16,19H2. The van der Waals surface area contributed by atoms with Crippen LogP contribution in [0.2, 0.25) is 0 Å². The smallest absolute Gasteiger partial charge is 0.0646 e. The van der Waals surface area contributed by atoms with Crippen molar-refractivity contribution in [2.24, 2.45) is 4.99 Å². The Balaban J connectivity index is 1.11. The molecule has 0 fully saturated rings. The quantitative estimate of drug-likeness (QED) is 0.390. The van der Waals surface area contributed by atoms with E-state index >= 15 is 0 Å². The van der Waals surface area contributed by atoms with Gasteiger partial charge in [0.15, 0.2) is 0 Å². The molecular weight excluding hydrogens is 418 g/mol. The van der Waals surface area contributed by atoms with Crippen LogP contribution in [0, 0.1) is 0 Å². The van der Waals surface area contributed by atoms with E-state index in [2.05, 4.69) is 83.9 Å². The largest absolute Gasteiger partial charge is 0.288 e. The average Bonchev–Trinajstić information content (AvgIpc) is 3.49. The second-order valence-corrected chi connectivity index (χ2v) is 10.6. The van der Waals surface area contributed by atoms with E-state index in [0.29, 0.717) is 5.92 Å². The van der Waals surface area contributed by atoms with Gasteiger partial charge in [-0.05, 0) is 82.3 Å². The summed E-state index contributed by atoms with van der Waals surface area (Å²) in [4.78, 5) is 7.46. The second-order valence-electron chi connectivity index (χ2n) is 9.50. The molecule has 3 aliphatic carbocycles. The highest BCUT2D eigenvalue weighted by atomic mass is 32.1. The van der Waals surface area contributed by atoms with E-state index in [1.54, 1.807) is 10.4 Å². The first kappa shape index (κ1) is 19.3. The number of rotatable bonds is 3. The minimum absolute atomic E-state index is 0.530. The lowest BCUT2D eigenvalue weighted by molar-refractivity contribution is 0.770. The average molecular weight is 444 g/mol. The molecule has 33 heavy (non-hydrogen) atoms.